The van der Waals surface area contributed by atoms with E-state index in [2.05, 4.69) is 15.0 Å². The van der Waals surface area contributed by atoms with Gasteiger partial charge >= 0.3 is 18.0 Å². The van der Waals surface area contributed by atoms with Crippen molar-refractivity contribution < 1.29 is 24.2 Å². The molecule has 0 unspecified atom stereocenters. The number of carboxylic acid groups (broad SMARTS) is 1. The number of nitrogens with one attached hydrogen (secondary N) is 1. The molecule has 2 N–H and O–H groups in total. The molecule has 0 atom stereocenters. The maximum Gasteiger partial charge on any atom is 0.354 e. The number of amides is 2. The van der Waals surface area contributed by atoms with E-state index in [0.29, 0.717) is 12.2 Å². The number of carboxylic acids is 1. The average Bonchev–Trinajstić information content (AvgIpc) is 2.44. The molecule has 8 nitrogen and oxygen atoms in total. The number of methoxy groups -OCH3 is 1. The van der Waals surface area contributed by atoms with Crippen molar-refractivity contribution in [3.63, 3.8) is 0 Å². The quantitative estimate of drug-likeness (QED) is 0.773. The molecule has 0 bridgehead atoms. The molecule has 20 heavy (non-hydrogen) atoms. The number of anilines is 1. The van der Waals surface area contributed by atoms with Crippen molar-refractivity contribution in [3.05, 3.63) is 24.0 Å². The second kappa shape index (κ2) is 7.07. The molecule has 0 fully saturated rings. The van der Waals surface area contributed by atoms with E-state index in [4.69, 9.17) is 5.11 Å². The minimum absolute atomic E-state index is 0.120. The Balaban J connectivity index is 2.68. The maximum absolute atomic E-state index is 11.9. The third-order valence-corrected chi connectivity index (χ3v) is 2.45. The first kappa shape index (κ1) is 15.4. The number of pyridine rings is 1. The van der Waals surface area contributed by atoms with Gasteiger partial charge in [0, 0.05) is 6.54 Å². The summed E-state index contributed by atoms with van der Waals surface area (Å²) < 4.78 is 4.49. The Morgan fingerprint density at radius 1 is 1.40 bits per heavy atom. The van der Waals surface area contributed by atoms with Gasteiger partial charge in [-0.2, -0.15) is 0 Å². The molecule has 8 heteroatoms. The summed E-state index contributed by atoms with van der Waals surface area (Å²) in [6, 6.07) is 2.19. The Labute approximate surface area is 115 Å². The SMILES string of the molecule is CCN(CC(=O)OC)C(=O)Nc1ccc(C(=O)O)nc1. The second-order valence-electron chi connectivity index (χ2n) is 3.76. The van der Waals surface area contributed by atoms with Crippen LogP contribution < -0.4 is 5.32 Å². The standard InChI is InChI=1S/C12H15N3O5/c1-3-15(7-10(16)20-2)12(19)14-8-4-5-9(11(17)18)13-6-8/h4-6H,3,7H2,1-2H3,(H,14,19)(H,17,18). The molecule has 0 saturated heterocycles. The first-order valence-corrected chi connectivity index (χ1v) is 5.80. The van der Waals surface area contributed by atoms with E-state index in [1.54, 1.807) is 6.92 Å². The van der Waals surface area contributed by atoms with Gasteiger partial charge in [-0.25, -0.2) is 14.6 Å². The fourth-order valence-electron chi connectivity index (χ4n) is 1.34. The zero-order valence-electron chi connectivity index (χ0n) is 11.1. The van der Waals surface area contributed by atoms with Crippen LogP contribution in [0.2, 0.25) is 0 Å². The van der Waals surface area contributed by atoms with Crippen molar-refractivity contribution in [2.75, 3.05) is 25.5 Å². The number of urea groups is 1. The number of nitrogens with zero attached hydrogens (tertiary/aromatic N) is 2. The van der Waals surface area contributed by atoms with Crippen LogP contribution in [-0.2, 0) is 9.53 Å². The number of aromatic carboxylic acids is 1. The number of esters is 1. The number of aromatic nitrogens is 1. The summed E-state index contributed by atoms with van der Waals surface area (Å²) in [5.41, 5.74) is 0.216. The first-order chi connectivity index (χ1) is 9.47. The van der Waals surface area contributed by atoms with Crippen molar-refractivity contribution in [3.8, 4) is 0 Å². The van der Waals surface area contributed by atoms with Crippen molar-refractivity contribution >= 4 is 23.7 Å². The van der Waals surface area contributed by atoms with Gasteiger partial charge in [0.25, 0.3) is 0 Å². The van der Waals surface area contributed by atoms with Gasteiger partial charge in [0.15, 0.2) is 0 Å². The lowest BCUT2D eigenvalue weighted by atomic mass is 10.3. The number of ether oxygens (including phenoxy) is 1. The molecule has 0 aliphatic carbocycles. The smallest absolute Gasteiger partial charge is 0.354 e. The van der Waals surface area contributed by atoms with Gasteiger partial charge in [-0.1, -0.05) is 0 Å². The highest BCUT2D eigenvalue weighted by molar-refractivity contribution is 5.92. The second-order valence-corrected chi connectivity index (χ2v) is 3.76. The molecule has 1 rings (SSSR count). The molecule has 0 aliphatic rings. The van der Waals surface area contributed by atoms with Gasteiger partial charge in [-0.3, -0.25) is 4.79 Å². The van der Waals surface area contributed by atoms with E-state index >= 15 is 0 Å². The fourth-order valence-corrected chi connectivity index (χ4v) is 1.34. The minimum Gasteiger partial charge on any atom is -0.477 e. The summed E-state index contributed by atoms with van der Waals surface area (Å²) in [4.78, 5) is 38.6. The highest BCUT2D eigenvalue weighted by atomic mass is 16.5. The summed E-state index contributed by atoms with van der Waals surface area (Å²) in [7, 11) is 1.24. The normalized spacial score (nSPS) is 9.70. The largest absolute Gasteiger partial charge is 0.477 e. The summed E-state index contributed by atoms with van der Waals surface area (Å²) in [5.74, 6) is -1.68. The number of carbonyl (C=O) groups is 3. The van der Waals surface area contributed by atoms with E-state index in [1.807, 2.05) is 0 Å². The topological polar surface area (TPSA) is 109 Å². The third-order valence-electron chi connectivity index (χ3n) is 2.45. The molecule has 0 aromatic carbocycles. The van der Waals surface area contributed by atoms with Crippen LogP contribution in [0.1, 0.15) is 17.4 Å². The number of carbonyl (C=O) groups excluding carboxylic acids is 2. The molecule has 0 aliphatic heterocycles. The van der Waals surface area contributed by atoms with Crippen molar-refractivity contribution in [1.82, 2.24) is 9.88 Å². The summed E-state index contributed by atoms with van der Waals surface area (Å²) >= 11 is 0. The molecule has 1 aromatic rings. The molecular weight excluding hydrogens is 266 g/mol. The molecule has 1 heterocycles. The molecule has 2 amide bonds. The Morgan fingerprint density at radius 3 is 2.55 bits per heavy atom. The van der Waals surface area contributed by atoms with Gasteiger partial charge in [0.1, 0.15) is 12.2 Å². The first-order valence-electron chi connectivity index (χ1n) is 5.80. The van der Waals surface area contributed by atoms with E-state index in [9.17, 15) is 14.4 Å². The monoisotopic (exact) mass is 281 g/mol. The lowest BCUT2D eigenvalue weighted by Gasteiger charge is -2.19. The van der Waals surface area contributed by atoms with E-state index in [1.165, 1.54) is 30.3 Å². The van der Waals surface area contributed by atoms with Gasteiger partial charge in [-0.15, -0.1) is 0 Å². The van der Waals surface area contributed by atoms with Gasteiger partial charge in [0.05, 0.1) is 19.0 Å². The van der Waals surface area contributed by atoms with Crippen molar-refractivity contribution in [2.24, 2.45) is 0 Å². The predicted octanol–water partition coefficient (Wildman–Crippen LogP) is 0.807. The Bertz CT molecular complexity index is 500. The zero-order valence-corrected chi connectivity index (χ0v) is 11.1. The van der Waals surface area contributed by atoms with Gasteiger partial charge in [-0.05, 0) is 19.1 Å². The highest BCUT2D eigenvalue weighted by Crippen LogP contribution is 2.07. The molecule has 0 radical (unpaired) electrons. The van der Waals surface area contributed by atoms with Crippen LogP contribution in [0.3, 0.4) is 0 Å². The predicted molar refractivity (Wildman–Crippen MR) is 69.5 cm³/mol. The van der Waals surface area contributed by atoms with Crippen LogP contribution >= 0.6 is 0 Å². The third kappa shape index (κ3) is 4.23. The molecule has 1 aromatic heterocycles. The van der Waals surface area contributed by atoms with Crippen LogP contribution in [-0.4, -0.2) is 53.2 Å². The molecule has 0 saturated carbocycles. The van der Waals surface area contributed by atoms with Crippen LogP contribution in [0.4, 0.5) is 10.5 Å². The Hall–Kier alpha value is -2.64. The van der Waals surface area contributed by atoms with Crippen LogP contribution in [0, 0.1) is 0 Å². The summed E-state index contributed by atoms with van der Waals surface area (Å²) in [5, 5.41) is 11.2. The molecule has 0 spiro atoms. The van der Waals surface area contributed by atoms with Gasteiger partial charge < -0.3 is 20.1 Å². The Morgan fingerprint density at radius 2 is 2.10 bits per heavy atom. The number of hydrogen-bond acceptors (Lipinski definition) is 5. The number of hydrogen-bond donors (Lipinski definition) is 2. The lowest BCUT2D eigenvalue weighted by molar-refractivity contribution is -0.141. The maximum atomic E-state index is 11.9. The van der Waals surface area contributed by atoms with Crippen LogP contribution in [0.15, 0.2) is 18.3 Å². The van der Waals surface area contributed by atoms with E-state index < -0.39 is 18.0 Å². The molecule has 108 valence electrons. The van der Waals surface area contributed by atoms with E-state index in [0.717, 1.165) is 0 Å². The molecular formula is C12H15N3O5. The highest BCUT2D eigenvalue weighted by Gasteiger charge is 2.16. The summed E-state index contributed by atoms with van der Waals surface area (Å²) in [6.45, 7) is 1.87. The number of rotatable bonds is 5. The van der Waals surface area contributed by atoms with Crippen LogP contribution in [0.25, 0.3) is 0 Å². The van der Waals surface area contributed by atoms with Crippen molar-refractivity contribution in [1.29, 1.82) is 0 Å². The fraction of sp³-hybridized carbons (Fsp3) is 0.333. The lowest BCUT2D eigenvalue weighted by Crippen LogP contribution is -2.39. The summed E-state index contributed by atoms with van der Waals surface area (Å²) in [6.07, 6.45) is 1.23. The zero-order chi connectivity index (χ0) is 15.1. The average molecular weight is 281 g/mol. The van der Waals surface area contributed by atoms with Crippen LogP contribution in [0.5, 0.6) is 0 Å². The van der Waals surface area contributed by atoms with Crippen molar-refractivity contribution in [2.45, 2.75) is 6.92 Å². The van der Waals surface area contributed by atoms with E-state index in [-0.39, 0.29) is 12.2 Å². The minimum atomic E-state index is -1.15. The Kier molecular flexibility index (Phi) is 5.45. The van der Waals surface area contributed by atoms with Gasteiger partial charge in [0.2, 0.25) is 0 Å². The number of likely N-dealkylation sites (N-methyl/N-ethyl adjacent to an activating group) is 1.